The molecule has 0 radical (unpaired) electrons. The number of ether oxygens (including phenoxy) is 1. The number of carbonyl (C=O) groups is 1. The zero-order valence-corrected chi connectivity index (χ0v) is 14.1. The lowest BCUT2D eigenvalue weighted by Gasteiger charge is -1.99. The predicted octanol–water partition coefficient (Wildman–Crippen LogP) is 4.57. The molecule has 0 N–H and O–H groups in total. The van der Waals surface area contributed by atoms with Crippen LogP contribution in [-0.4, -0.2) is 16.2 Å². The minimum absolute atomic E-state index is 0.0915. The molecule has 2 heterocycles. The van der Waals surface area contributed by atoms with Crippen molar-refractivity contribution >= 4 is 44.8 Å². The van der Waals surface area contributed by atoms with Crippen molar-refractivity contribution in [3.63, 3.8) is 0 Å². The molecule has 0 spiro atoms. The quantitative estimate of drug-likeness (QED) is 0.601. The van der Waals surface area contributed by atoms with Crippen molar-refractivity contribution in [3.8, 4) is 11.5 Å². The van der Waals surface area contributed by atoms with E-state index in [2.05, 4.69) is 26.1 Å². The van der Waals surface area contributed by atoms with Crippen molar-refractivity contribution in [2.75, 3.05) is 0 Å². The monoisotopic (exact) mass is 398 g/mol. The second-order valence-electron chi connectivity index (χ2n) is 4.16. The molecule has 1 aromatic carbocycles. The van der Waals surface area contributed by atoms with E-state index in [1.165, 1.54) is 0 Å². The topological polar surface area (TPSA) is 65.2 Å². The SMILES string of the molecule is O=C(OCc1nnc(-c2ccccc2Br)o1)c1ccc(Cl)s1. The highest BCUT2D eigenvalue weighted by atomic mass is 79.9. The fraction of sp³-hybridized carbons (Fsp3) is 0.0714. The van der Waals surface area contributed by atoms with Crippen molar-refractivity contribution in [1.29, 1.82) is 0 Å². The smallest absolute Gasteiger partial charge is 0.348 e. The maximum Gasteiger partial charge on any atom is 0.348 e. The number of rotatable bonds is 4. The first-order chi connectivity index (χ1) is 10.6. The first kappa shape index (κ1) is 15.2. The van der Waals surface area contributed by atoms with E-state index in [0.29, 0.717) is 15.1 Å². The minimum atomic E-state index is -0.474. The van der Waals surface area contributed by atoms with Crippen LogP contribution in [0.1, 0.15) is 15.6 Å². The summed E-state index contributed by atoms with van der Waals surface area (Å²) in [5.74, 6) is 0.108. The van der Waals surface area contributed by atoms with Gasteiger partial charge in [0.1, 0.15) is 4.88 Å². The van der Waals surface area contributed by atoms with Crippen LogP contribution in [0.3, 0.4) is 0 Å². The second-order valence-corrected chi connectivity index (χ2v) is 6.73. The lowest BCUT2D eigenvalue weighted by Crippen LogP contribution is -2.03. The molecule has 0 amide bonds. The standard InChI is InChI=1S/C14H8BrClN2O3S/c15-9-4-2-1-3-8(9)13-18-17-12(21-13)7-20-14(19)10-5-6-11(16)22-10/h1-6H,7H2. The van der Waals surface area contributed by atoms with Gasteiger partial charge in [0.2, 0.25) is 5.89 Å². The summed E-state index contributed by atoms with van der Waals surface area (Å²) in [6.45, 7) is -0.0915. The molecule has 8 heteroatoms. The van der Waals surface area contributed by atoms with Gasteiger partial charge in [0.05, 0.1) is 9.90 Å². The average molecular weight is 400 g/mol. The zero-order valence-electron chi connectivity index (χ0n) is 11.0. The number of nitrogens with zero attached hydrogens (tertiary/aromatic N) is 2. The lowest BCUT2D eigenvalue weighted by molar-refractivity contribution is 0.0444. The largest absolute Gasteiger partial charge is 0.451 e. The van der Waals surface area contributed by atoms with E-state index in [1.54, 1.807) is 12.1 Å². The maximum atomic E-state index is 11.8. The van der Waals surface area contributed by atoms with Gasteiger partial charge in [-0.1, -0.05) is 23.7 Å². The van der Waals surface area contributed by atoms with Crippen LogP contribution in [0.2, 0.25) is 4.34 Å². The summed E-state index contributed by atoms with van der Waals surface area (Å²) in [4.78, 5) is 12.2. The van der Waals surface area contributed by atoms with Crippen molar-refractivity contribution < 1.29 is 13.9 Å². The number of thiophene rings is 1. The summed E-state index contributed by atoms with van der Waals surface area (Å²) >= 11 is 10.3. The van der Waals surface area contributed by atoms with Crippen LogP contribution in [0.25, 0.3) is 11.5 Å². The molecule has 0 aliphatic heterocycles. The zero-order chi connectivity index (χ0) is 15.5. The summed E-state index contributed by atoms with van der Waals surface area (Å²) in [6.07, 6.45) is 0. The molecule has 2 aromatic heterocycles. The Bertz CT molecular complexity index is 818. The summed E-state index contributed by atoms with van der Waals surface area (Å²) in [5, 5.41) is 7.81. The summed E-state index contributed by atoms with van der Waals surface area (Å²) in [5.41, 5.74) is 0.776. The molecule has 0 bridgehead atoms. The van der Waals surface area contributed by atoms with Gasteiger partial charge in [-0.3, -0.25) is 0 Å². The van der Waals surface area contributed by atoms with Gasteiger partial charge in [-0.05, 0) is 40.2 Å². The Labute approximate surface area is 143 Å². The van der Waals surface area contributed by atoms with Crippen molar-refractivity contribution in [1.82, 2.24) is 10.2 Å². The molecule has 22 heavy (non-hydrogen) atoms. The molecule has 3 rings (SSSR count). The summed E-state index contributed by atoms with van der Waals surface area (Å²) < 4.78 is 12.0. The van der Waals surface area contributed by atoms with Crippen molar-refractivity contribution in [3.05, 3.63) is 56.0 Å². The van der Waals surface area contributed by atoms with Crippen LogP contribution in [0.5, 0.6) is 0 Å². The van der Waals surface area contributed by atoms with Crippen LogP contribution in [0.4, 0.5) is 0 Å². The van der Waals surface area contributed by atoms with Gasteiger partial charge >= 0.3 is 5.97 Å². The third-order valence-electron chi connectivity index (χ3n) is 2.67. The summed E-state index contributed by atoms with van der Waals surface area (Å²) in [6, 6.07) is 10.7. The fourth-order valence-electron chi connectivity index (χ4n) is 1.68. The maximum absolute atomic E-state index is 11.8. The molecule has 0 unspecified atom stereocenters. The molecule has 0 saturated carbocycles. The number of aromatic nitrogens is 2. The molecule has 0 saturated heterocycles. The molecule has 0 fully saturated rings. The van der Waals surface area contributed by atoms with E-state index < -0.39 is 5.97 Å². The first-order valence-electron chi connectivity index (χ1n) is 6.13. The number of hydrogen-bond acceptors (Lipinski definition) is 6. The van der Waals surface area contributed by atoms with Gasteiger partial charge in [-0.15, -0.1) is 21.5 Å². The Hall–Kier alpha value is -1.70. The van der Waals surface area contributed by atoms with Crippen LogP contribution in [0.15, 0.2) is 45.3 Å². The molecular formula is C14H8BrClN2O3S. The van der Waals surface area contributed by atoms with E-state index in [0.717, 1.165) is 21.4 Å². The van der Waals surface area contributed by atoms with Gasteiger partial charge in [-0.2, -0.15) is 0 Å². The molecule has 0 aliphatic carbocycles. The highest BCUT2D eigenvalue weighted by Crippen LogP contribution is 2.27. The van der Waals surface area contributed by atoms with Crippen molar-refractivity contribution in [2.24, 2.45) is 0 Å². The van der Waals surface area contributed by atoms with Gasteiger partial charge in [0, 0.05) is 4.47 Å². The number of halogens is 2. The van der Waals surface area contributed by atoms with Gasteiger partial charge in [0.25, 0.3) is 5.89 Å². The van der Waals surface area contributed by atoms with E-state index in [9.17, 15) is 4.79 Å². The number of carbonyl (C=O) groups excluding carboxylic acids is 1. The molecular weight excluding hydrogens is 392 g/mol. The van der Waals surface area contributed by atoms with Gasteiger partial charge < -0.3 is 9.15 Å². The normalized spacial score (nSPS) is 10.6. The fourth-order valence-corrected chi connectivity index (χ4v) is 3.07. The molecule has 5 nitrogen and oxygen atoms in total. The highest BCUT2D eigenvalue weighted by Gasteiger charge is 2.14. The van der Waals surface area contributed by atoms with E-state index in [4.69, 9.17) is 20.8 Å². The Morgan fingerprint density at radius 3 is 2.82 bits per heavy atom. The Morgan fingerprint density at radius 1 is 1.27 bits per heavy atom. The Morgan fingerprint density at radius 2 is 2.09 bits per heavy atom. The number of hydrogen-bond donors (Lipinski definition) is 0. The van der Waals surface area contributed by atoms with Crippen LogP contribution < -0.4 is 0 Å². The second kappa shape index (κ2) is 6.60. The van der Waals surface area contributed by atoms with E-state index in [1.807, 2.05) is 24.3 Å². The molecule has 0 aliphatic rings. The van der Waals surface area contributed by atoms with E-state index >= 15 is 0 Å². The van der Waals surface area contributed by atoms with Crippen molar-refractivity contribution in [2.45, 2.75) is 6.61 Å². The minimum Gasteiger partial charge on any atom is -0.451 e. The highest BCUT2D eigenvalue weighted by molar-refractivity contribution is 9.10. The Balaban J connectivity index is 1.67. The van der Waals surface area contributed by atoms with Crippen LogP contribution >= 0.6 is 38.9 Å². The third-order valence-corrected chi connectivity index (χ3v) is 4.57. The van der Waals surface area contributed by atoms with Crippen LogP contribution in [-0.2, 0) is 11.3 Å². The number of benzene rings is 1. The Kier molecular flexibility index (Phi) is 4.56. The van der Waals surface area contributed by atoms with Crippen LogP contribution in [0, 0.1) is 0 Å². The third kappa shape index (κ3) is 3.37. The molecule has 0 atom stereocenters. The number of esters is 1. The molecule has 112 valence electrons. The first-order valence-corrected chi connectivity index (χ1v) is 8.12. The summed E-state index contributed by atoms with van der Waals surface area (Å²) in [7, 11) is 0. The lowest BCUT2D eigenvalue weighted by atomic mass is 10.2. The average Bonchev–Trinajstić information content (AvgIpc) is 3.14. The van der Waals surface area contributed by atoms with Gasteiger partial charge in [-0.25, -0.2) is 4.79 Å². The van der Waals surface area contributed by atoms with E-state index in [-0.39, 0.29) is 12.5 Å². The van der Waals surface area contributed by atoms with Gasteiger partial charge in [0.15, 0.2) is 6.61 Å². The molecule has 3 aromatic rings. The predicted molar refractivity (Wildman–Crippen MR) is 85.9 cm³/mol.